The van der Waals surface area contributed by atoms with E-state index in [1.54, 1.807) is 0 Å². The van der Waals surface area contributed by atoms with E-state index in [1.165, 1.54) is 0 Å². The summed E-state index contributed by atoms with van der Waals surface area (Å²) in [4.78, 5) is 0. The molecule has 48 valence electrons. The minimum absolute atomic E-state index is 0. The van der Waals surface area contributed by atoms with E-state index in [4.69, 9.17) is 0 Å². The quantitative estimate of drug-likeness (QED) is 0.341. The van der Waals surface area contributed by atoms with E-state index >= 15 is 0 Å². The standard InChI is InChI=1S/Al.B.3ClH.3FH/h;;6*1H/q2*+3;;;;;;/p-6. The van der Waals surface area contributed by atoms with Gasteiger partial charge in [-0.15, -0.1) is 0 Å². The zero-order valence-electron chi connectivity index (χ0n) is 3.42. The Labute approximate surface area is 77.2 Å². The Morgan fingerprint density at radius 2 is 0.500 bits per heavy atom. The summed E-state index contributed by atoms with van der Waals surface area (Å²) in [7, 11) is 0. The molecule has 0 aliphatic rings. The van der Waals surface area contributed by atoms with E-state index in [-0.39, 0.29) is 77.1 Å². The number of halogens is 6. The van der Waals surface area contributed by atoms with Gasteiger partial charge in [0.15, 0.2) is 0 Å². The zero-order chi connectivity index (χ0) is 0. The summed E-state index contributed by atoms with van der Waals surface area (Å²) in [6.45, 7) is 0. The Morgan fingerprint density at radius 1 is 0.500 bits per heavy atom. The van der Waals surface area contributed by atoms with Gasteiger partial charge < -0.3 is 51.3 Å². The molecule has 0 aromatic carbocycles. The summed E-state index contributed by atoms with van der Waals surface area (Å²) in [5, 5.41) is 0. The van der Waals surface area contributed by atoms with Crippen LogP contribution in [0.4, 0.5) is 0 Å². The molecule has 0 aliphatic heterocycles. The second kappa shape index (κ2) is 275. The smallest absolute Gasteiger partial charge is 1.00 e. The van der Waals surface area contributed by atoms with Gasteiger partial charge in [-0.3, -0.25) is 0 Å². The minimum Gasteiger partial charge on any atom is -1.00 e. The molecule has 0 aliphatic carbocycles. The van der Waals surface area contributed by atoms with Crippen LogP contribution >= 0.6 is 0 Å². The van der Waals surface area contributed by atoms with Crippen molar-refractivity contribution in [2.75, 3.05) is 0 Å². The van der Waals surface area contributed by atoms with Gasteiger partial charge >= 0.3 is 25.8 Å². The van der Waals surface area contributed by atoms with Crippen molar-refractivity contribution in [3.05, 3.63) is 0 Å². The first-order valence-corrected chi connectivity index (χ1v) is 0. The van der Waals surface area contributed by atoms with Crippen LogP contribution in [-0.4, -0.2) is 25.8 Å². The van der Waals surface area contributed by atoms with Gasteiger partial charge in [0, 0.05) is 0 Å². The first-order valence-electron chi connectivity index (χ1n) is 0. The second-order valence-corrected chi connectivity index (χ2v) is 0. The van der Waals surface area contributed by atoms with E-state index in [1.807, 2.05) is 0 Å². The van der Waals surface area contributed by atoms with Crippen molar-refractivity contribution >= 4 is 25.8 Å². The Balaban J connectivity index is 0. The Bertz CT molecular complexity index is 14.5. The van der Waals surface area contributed by atoms with Crippen molar-refractivity contribution in [2.45, 2.75) is 0 Å². The van der Waals surface area contributed by atoms with E-state index in [0.29, 0.717) is 0 Å². The third kappa shape index (κ3) is 180. The molecular weight excluding hydrogens is 201 g/mol. The van der Waals surface area contributed by atoms with Gasteiger partial charge in [0.1, 0.15) is 0 Å². The molecule has 0 N–H and O–H groups in total. The molecular formula is AlBCl3F3. The maximum absolute atomic E-state index is 0. The van der Waals surface area contributed by atoms with Crippen LogP contribution in [-0.2, 0) is 0 Å². The molecule has 0 saturated heterocycles. The first kappa shape index (κ1) is 399. The summed E-state index contributed by atoms with van der Waals surface area (Å²) in [6.07, 6.45) is 0. The molecule has 0 fully saturated rings. The van der Waals surface area contributed by atoms with Crippen molar-refractivity contribution in [2.24, 2.45) is 0 Å². The van der Waals surface area contributed by atoms with E-state index < -0.39 is 0 Å². The molecule has 0 bridgehead atoms. The molecule has 0 unspecified atom stereocenters. The molecule has 0 heterocycles. The Morgan fingerprint density at radius 3 is 0.500 bits per heavy atom. The molecule has 0 rings (SSSR count). The van der Waals surface area contributed by atoms with Crippen LogP contribution in [0, 0.1) is 0 Å². The van der Waals surface area contributed by atoms with E-state index in [0.717, 1.165) is 0 Å². The van der Waals surface area contributed by atoms with Crippen LogP contribution in [0.3, 0.4) is 0 Å². The Hall–Kier alpha value is 1.26. The summed E-state index contributed by atoms with van der Waals surface area (Å²) in [5.41, 5.74) is 0. The SMILES string of the molecule is [Al+3].[B+3].[Cl-].[Cl-].[Cl-].[F-].[F-].[F-]. The van der Waals surface area contributed by atoms with Crippen molar-refractivity contribution in [1.82, 2.24) is 0 Å². The van der Waals surface area contributed by atoms with Crippen molar-refractivity contribution in [1.29, 1.82) is 0 Å². The molecule has 0 radical (unpaired) electrons. The average Bonchev–Trinajstić information content (AvgIpc) is 0. The van der Waals surface area contributed by atoms with Gasteiger partial charge in [0.2, 0.25) is 0 Å². The molecule has 0 spiro atoms. The van der Waals surface area contributed by atoms with Gasteiger partial charge in [-0.25, -0.2) is 0 Å². The Kier molecular flexibility index (Phi) is 13700. The van der Waals surface area contributed by atoms with Gasteiger partial charge in [-0.2, -0.15) is 0 Å². The molecule has 0 aromatic rings. The summed E-state index contributed by atoms with van der Waals surface area (Å²) in [6, 6.07) is 0. The largest absolute Gasteiger partial charge is 3.00 e. The molecule has 8 heteroatoms. The fourth-order valence-electron chi connectivity index (χ4n) is 0. The molecule has 0 aromatic heterocycles. The molecule has 0 nitrogen and oxygen atoms in total. The van der Waals surface area contributed by atoms with Gasteiger partial charge in [-0.1, -0.05) is 0 Å². The first-order chi connectivity index (χ1) is 0. The molecule has 0 atom stereocenters. The molecule has 0 saturated carbocycles. The van der Waals surface area contributed by atoms with Crippen molar-refractivity contribution in [3.63, 3.8) is 0 Å². The number of rotatable bonds is 0. The minimum atomic E-state index is 0. The normalized spacial score (nSPS) is 0. The predicted octanol–water partition coefficient (Wildman–Crippen LogP) is -18.7. The summed E-state index contributed by atoms with van der Waals surface area (Å²) >= 11 is 0. The fraction of sp³-hybridized carbons (Fsp3) is 0. The molecule has 0 amide bonds. The van der Waals surface area contributed by atoms with Crippen molar-refractivity contribution < 1.29 is 51.3 Å². The van der Waals surface area contributed by atoms with Crippen LogP contribution in [0.15, 0.2) is 0 Å². The van der Waals surface area contributed by atoms with E-state index in [2.05, 4.69) is 0 Å². The topological polar surface area (TPSA) is 0 Å². The zero-order valence-corrected chi connectivity index (χ0v) is 6.84. The summed E-state index contributed by atoms with van der Waals surface area (Å²) in [5.74, 6) is 0. The molecule has 8 heavy (non-hydrogen) atoms. The van der Waals surface area contributed by atoms with Crippen LogP contribution in [0.2, 0.25) is 0 Å². The van der Waals surface area contributed by atoms with Crippen LogP contribution in [0.25, 0.3) is 0 Å². The van der Waals surface area contributed by atoms with Crippen LogP contribution in [0.5, 0.6) is 0 Å². The third-order valence-corrected chi connectivity index (χ3v) is 0. The van der Waals surface area contributed by atoms with Crippen LogP contribution in [0.1, 0.15) is 0 Å². The van der Waals surface area contributed by atoms with Gasteiger partial charge in [0.05, 0.1) is 0 Å². The van der Waals surface area contributed by atoms with Gasteiger partial charge in [-0.05, 0) is 0 Å². The maximum atomic E-state index is 0. The summed E-state index contributed by atoms with van der Waals surface area (Å²) < 4.78 is 0. The maximum Gasteiger partial charge on any atom is 3.00 e. The van der Waals surface area contributed by atoms with E-state index in [9.17, 15) is 0 Å². The fourth-order valence-corrected chi connectivity index (χ4v) is 0. The van der Waals surface area contributed by atoms with Gasteiger partial charge in [0.25, 0.3) is 0 Å². The monoisotopic (exact) mass is 200 g/mol. The van der Waals surface area contributed by atoms with Crippen molar-refractivity contribution in [3.8, 4) is 0 Å². The second-order valence-electron chi connectivity index (χ2n) is 0. The average molecular weight is 201 g/mol. The number of hydrogen-bond donors (Lipinski definition) is 0. The third-order valence-electron chi connectivity index (χ3n) is 0. The predicted molar refractivity (Wildman–Crippen MR) is 11.5 cm³/mol. The number of hydrogen-bond acceptors (Lipinski definition) is 0. The van der Waals surface area contributed by atoms with Crippen LogP contribution < -0.4 is 51.3 Å².